The Bertz CT molecular complexity index is 822. The maximum absolute atomic E-state index is 12.2. The molecule has 8 heteroatoms. The first-order valence-corrected chi connectivity index (χ1v) is 7.90. The van der Waals surface area contributed by atoms with Crippen LogP contribution >= 0.6 is 0 Å². The third-order valence-electron chi connectivity index (χ3n) is 3.48. The molecule has 1 N–H and O–H groups in total. The predicted molar refractivity (Wildman–Crippen MR) is 94.4 cm³/mol. The first-order chi connectivity index (χ1) is 12.4. The molecule has 1 heterocycles. The minimum absolute atomic E-state index is 0.0236. The van der Waals surface area contributed by atoms with Crippen molar-refractivity contribution in [3.63, 3.8) is 0 Å². The van der Waals surface area contributed by atoms with Crippen LogP contribution in [0.2, 0.25) is 0 Å². The van der Waals surface area contributed by atoms with Crippen molar-refractivity contribution in [2.24, 2.45) is 0 Å². The molecule has 26 heavy (non-hydrogen) atoms. The monoisotopic (exact) mass is 358 g/mol. The van der Waals surface area contributed by atoms with Gasteiger partial charge >= 0.3 is 11.9 Å². The zero-order valence-corrected chi connectivity index (χ0v) is 14.2. The Morgan fingerprint density at radius 1 is 1.23 bits per heavy atom. The number of ether oxygens (including phenoxy) is 1. The second-order valence-corrected chi connectivity index (χ2v) is 5.33. The molecule has 0 unspecified atom stereocenters. The molecule has 1 aromatic carbocycles. The zero-order valence-electron chi connectivity index (χ0n) is 14.2. The standard InChI is InChI=1S/C18H18N2O6/c1-3-25-17(21)11-6-13-4-7-14(8-5-13)19-18(22)12(2)15-9-10-16(26-15)20(23)24/h4-5,7-10H,2-3,6,11H2,1H3,(H,19,22). The van der Waals surface area contributed by atoms with Crippen LogP contribution in [0.25, 0.3) is 5.57 Å². The number of hydrogen-bond donors (Lipinski definition) is 1. The number of nitrogens with zero attached hydrogens (tertiary/aromatic N) is 1. The van der Waals surface area contributed by atoms with Crippen molar-refractivity contribution in [2.75, 3.05) is 11.9 Å². The SMILES string of the molecule is C=C(C(=O)Nc1ccc(CCC(=O)OCC)cc1)c1ccc([N+](=O)[O-])o1. The molecule has 2 rings (SSSR count). The summed E-state index contributed by atoms with van der Waals surface area (Å²) < 4.78 is 9.82. The molecule has 0 saturated carbocycles. The van der Waals surface area contributed by atoms with Crippen LogP contribution in [-0.4, -0.2) is 23.4 Å². The number of benzene rings is 1. The lowest BCUT2D eigenvalue weighted by Gasteiger charge is -2.07. The van der Waals surface area contributed by atoms with Crippen LogP contribution in [0.4, 0.5) is 11.6 Å². The number of furan rings is 1. The van der Waals surface area contributed by atoms with Crippen LogP contribution in [0.1, 0.15) is 24.7 Å². The molecule has 0 bridgehead atoms. The summed E-state index contributed by atoms with van der Waals surface area (Å²) in [4.78, 5) is 33.4. The molecule has 0 atom stereocenters. The number of nitrogens with one attached hydrogen (secondary N) is 1. The van der Waals surface area contributed by atoms with E-state index >= 15 is 0 Å². The summed E-state index contributed by atoms with van der Waals surface area (Å²) >= 11 is 0. The highest BCUT2D eigenvalue weighted by Gasteiger charge is 2.18. The molecular formula is C18H18N2O6. The Hall–Kier alpha value is -3.42. The smallest absolute Gasteiger partial charge is 0.433 e. The number of esters is 1. The van der Waals surface area contributed by atoms with E-state index in [1.807, 2.05) is 0 Å². The van der Waals surface area contributed by atoms with Gasteiger partial charge in [0.15, 0.2) is 0 Å². The van der Waals surface area contributed by atoms with Crippen LogP contribution in [0, 0.1) is 10.1 Å². The molecule has 8 nitrogen and oxygen atoms in total. The summed E-state index contributed by atoms with van der Waals surface area (Å²) in [5.41, 5.74) is 1.43. The minimum Gasteiger partial charge on any atom is -0.466 e. The van der Waals surface area contributed by atoms with E-state index in [1.54, 1.807) is 31.2 Å². The topological polar surface area (TPSA) is 112 Å². The number of carbonyl (C=O) groups excluding carboxylic acids is 2. The van der Waals surface area contributed by atoms with E-state index in [0.717, 1.165) is 11.6 Å². The molecule has 1 amide bonds. The summed E-state index contributed by atoms with van der Waals surface area (Å²) in [7, 11) is 0. The third kappa shape index (κ3) is 5.04. The first kappa shape index (κ1) is 18.9. The van der Waals surface area contributed by atoms with E-state index in [4.69, 9.17) is 9.15 Å². The highest BCUT2D eigenvalue weighted by Crippen LogP contribution is 2.22. The highest BCUT2D eigenvalue weighted by atomic mass is 16.6. The second kappa shape index (κ2) is 8.61. The molecule has 2 aromatic rings. The van der Waals surface area contributed by atoms with Gasteiger partial charge < -0.3 is 14.5 Å². The van der Waals surface area contributed by atoms with Crippen LogP contribution in [-0.2, 0) is 20.7 Å². The van der Waals surface area contributed by atoms with E-state index in [2.05, 4.69) is 11.9 Å². The maximum Gasteiger partial charge on any atom is 0.433 e. The van der Waals surface area contributed by atoms with Gasteiger partial charge in [-0.05, 0) is 37.1 Å². The van der Waals surface area contributed by atoms with Gasteiger partial charge in [-0.2, -0.15) is 0 Å². The summed E-state index contributed by atoms with van der Waals surface area (Å²) in [6.45, 7) is 5.71. The second-order valence-electron chi connectivity index (χ2n) is 5.33. The Morgan fingerprint density at radius 3 is 2.50 bits per heavy atom. The maximum atomic E-state index is 12.2. The summed E-state index contributed by atoms with van der Waals surface area (Å²) in [6, 6.07) is 9.43. The molecule has 0 fully saturated rings. The number of amides is 1. The van der Waals surface area contributed by atoms with E-state index < -0.39 is 16.7 Å². The Labute approximate surface area is 149 Å². The number of hydrogen-bond acceptors (Lipinski definition) is 6. The molecule has 0 saturated heterocycles. The Morgan fingerprint density at radius 2 is 1.92 bits per heavy atom. The lowest BCUT2D eigenvalue weighted by atomic mass is 10.1. The predicted octanol–water partition coefficient (Wildman–Crippen LogP) is 3.34. The normalized spacial score (nSPS) is 10.2. The number of rotatable bonds is 8. The lowest BCUT2D eigenvalue weighted by molar-refractivity contribution is -0.402. The van der Waals surface area contributed by atoms with Gasteiger partial charge in [-0.1, -0.05) is 18.7 Å². The number of nitro groups is 1. The molecule has 0 radical (unpaired) electrons. The van der Waals surface area contributed by atoms with Crippen molar-refractivity contribution in [2.45, 2.75) is 19.8 Å². The van der Waals surface area contributed by atoms with Crippen LogP contribution < -0.4 is 5.32 Å². The van der Waals surface area contributed by atoms with Crippen molar-refractivity contribution >= 4 is 29.0 Å². The number of carbonyl (C=O) groups is 2. The first-order valence-electron chi connectivity index (χ1n) is 7.90. The molecular weight excluding hydrogens is 340 g/mol. The van der Waals surface area contributed by atoms with E-state index in [1.165, 1.54) is 6.07 Å². The molecule has 1 aromatic heterocycles. The highest BCUT2D eigenvalue weighted by molar-refractivity contribution is 6.23. The van der Waals surface area contributed by atoms with E-state index in [0.29, 0.717) is 18.7 Å². The summed E-state index contributed by atoms with van der Waals surface area (Å²) in [5.74, 6) is -1.22. The lowest BCUT2D eigenvalue weighted by Crippen LogP contribution is -2.12. The third-order valence-corrected chi connectivity index (χ3v) is 3.48. The molecule has 0 aliphatic rings. The number of anilines is 1. The van der Waals surface area contributed by atoms with Crippen molar-refractivity contribution in [1.82, 2.24) is 0 Å². The van der Waals surface area contributed by atoms with Crippen LogP contribution in [0.5, 0.6) is 0 Å². The zero-order chi connectivity index (χ0) is 19.1. The molecule has 136 valence electrons. The van der Waals surface area contributed by atoms with Crippen LogP contribution in [0.3, 0.4) is 0 Å². The fourth-order valence-corrected chi connectivity index (χ4v) is 2.14. The van der Waals surface area contributed by atoms with Crippen molar-refractivity contribution in [3.8, 4) is 0 Å². The van der Waals surface area contributed by atoms with Crippen molar-refractivity contribution < 1.29 is 23.7 Å². The minimum atomic E-state index is -0.691. The van der Waals surface area contributed by atoms with Crippen LogP contribution in [0.15, 0.2) is 47.4 Å². The van der Waals surface area contributed by atoms with Gasteiger partial charge in [-0.15, -0.1) is 0 Å². The van der Waals surface area contributed by atoms with Crippen molar-refractivity contribution in [3.05, 3.63) is 64.4 Å². The summed E-state index contributed by atoms with van der Waals surface area (Å²) in [5, 5.41) is 13.2. The van der Waals surface area contributed by atoms with Gasteiger partial charge in [0.25, 0.3) is 5.91 Å². The molecule has 0 spiro atoms. The van der Waals surface area contributed by atoms with Gasteiger partial charge in [0, 0.05) is 12.1 Å². The summed E-state index contributed by atoms with van der Waals surface area (Å²) in [6.07, 6.45) is 0.823. The fraction of sp³-hybridized carbons (Fsp3) is 0.222. The molecule has 0 aliphatic heterocycles. The average molecular weight is 358 g/mol. The van der Waals surface area contributed by atoms with E-state index in [-0.39, 0.29) is 23.7 Å². The van der Waals surface area contributed by atoms with Gasteiger partial charge in [0.05, 0.1) is 18.2 Å². The van der Waals surface area contributed by atoms with Crippen molar-refractivity contribution in [1.29, 1.82) is 0 Å². The van der Waals surface area contributed by atoms with Gasteiger partial charge in [0.2, 0.25) is 0 Å². The fourth-order valence-electron chi connectivity index (χ4n) is 2.14. The largest absolute Gasteiger partial charge is 0.466 e. The van der Waals surface area contributed by atoms with Gasteiger partial charge in [-0.3, -0.25) is 19.7 Å². The van der Waals surface area contributed by atoms with E-state index in [9.17, 15) is 19.7 Å². The Balaban J connectivity index is 1.93. The van der Waals surface area contributed by atoms with Gasteiger partial charge in [0.1, 0.15) is 10.7 Å². The quantitative estimate of drug-likeness (QED) is 0.335. The average Bonchev–Trinajstić information content (AvgIpc) is 3.11. The molecule has 0 aliphatic carbocycles. The van der Waals surface area contributed by atoms with Gasteiger partial charge in [-0.25, -0.2) is 0 Å². The Kier molecular flexibility index (Phi) is 6.26. The number of aryl methyl sites for hydroxylation is 1.